The van der Waals surface area contributed by atoms with Crippen molar-refractivity contribution in [3.63, 3.8) is 0 Å². The molecule has 0 saturated heterocycles. The zero-order valence-electron chi connectivity index (χ0n) is 12.2. The van der Waals surface area contributed by atoms with Gasteiger partial charge in [-0.25, -0.2) is 0 Å². The first-order valence-electron chi connectivity index (χ1n) is 6.95. The molecule has 112 valence electrons. The summed E-state index contributed by atoms with van der Waals surface area (Å²) in [6.07, 6.45) is -0.249. The first-order chi connectivity index (χ1) is 10.0. The largest absolute Gasteiger partial charge is 0.874 e. The number of rotatable bonds is 5. The maximum Gasteiger partial charge on any atom is 0.310 e. The molecule has 1 aliphatic heterocycles. The fourth-order valence-electron chi connectivity index (χ4n) is 2.36. The SMILES string of the molecule is CCOC(=O)CC1=C([O-])[C@@H](C)N(Cc2ccccc2)C1=O. The van der Waals surface area contributed by atoms with Crippen LogP contribution in [0.25, 0.3) is 0 Å². The van der Waals surface area contributed by atoms with Crippen LogP contribution >= 0.6 is 0 Å². The Kier molecular flexibility index (Phi) is 4.62. The summed E-state index contributed by atoms with van der Waals surface area (Å²) in [7, 11) is 0. The van der Waals surface area contributed by atoms with Crippen molar-refractivity contribution in [2.75, 3.05) is 6.61 Å². The highest BCUT2D eigenvalue weighted by molar-refractivity contribution is 6.00. The summed E-state index contributed by atoms with van der Waals surface area (Å²) in [5.74, 6) is -1.20. The molecule has 21 heavy (non-hydrogen) atoms. The first kappa shape index (κ1) is 15.1. The lowest BCUT2D eigenvalue weighted by Gasteiger charge is -2.26. The Morgan fingerprint density at radius 2 is 2.00 bits per heavy atom. The van der Waals surface area contributed by atoms with Gasteiger partial charge in [0.05, 0.1) is 13.0 Å². The van der Waals surface area contributed by atoms with Gasteiger partial charge in [0.25, 0.3) is 0 Å². The number of nitrogens with zero attached hydrogens (tertiary/aromatic N) is 1. The summed E-state index contributed by atoms with van der Waals surface area (Å²) in [6.45, 7) is 3.96. The van der Waals surface area contributed by atoms with Gasteiger partial charge in [0.2, 0.25) is 5.91 Å². The maximum atomic E-state index is 12.3. The minimum atomic E-state index is -0.540. The number of hydrogen-bond donors (Lipinski definition) is 0. The van der Waals surface area contributed by atoms with Crippen molar-refractivity contribution in [2.24, 2.45) is 0 Å². The number of amides is 1. The molecule has 1 amide bonds. The maximum absolute atomic E-state index is 12.3. The second-order valence-corrected chi connectivity index (χ2v) is 4.92. The van der Waals surface area contributed by atoms with Crippen molar-refractivity contribution >= 4 is 11.9 Å². The number of hydrogen-bond acceptors (Lipinski definition) is 4. The Morgan fingerprint density at radius 3 is 2.62 bits per heavy atom. The predicted molar refractivity (Wildman–Crippen MR) is 74.7 cm³/mol. The Hall–Kier alpha value is -2.30. The minimum absolute atomic E-state index is 0.0249. The molecule has 5 nitrogen and oxygen atoms in total. The molecular formula is C16H18NO4-. The topological polar surface area (TPSA) is 69.7 Å². The average Bonchev–Trinajstić information content (AvgIpc) is 2.66. The van der Waals surface area contributed by atoms with Crippen LogP contribution in [-0.4, -0.2) is 29.4 Å². The van der Waals surface area contributed by atoms with Crippen LogP contribution in [0.4, 0.5) is 0 Å². The normalized spacial score (nSPS) is 18.3. The van der Waals surface area contributed by atoms with E-state index in [9.17, 15) is 14.7 Å². The number of carbonyl (C=O) groups excluding carboxylic acids is 2. The van der Waals surface area contributed by atoms with E-state index in [1.807, 2.05) is 30.3 Å². The van der Waals surface area contributed by atoms with Gasteiger partial charge in [-0.15, -0.1) is 5.76 Å². The highest BCUT2D eigenvalue weighted by Crippen LogP contribution is 2.26. The van der Waals surface area contributed by atoms with E-state index in [4.69, 9.17) is 4.74 Å². The summed E-state index contributed by atoms with van der Waals surface area (Å²) in [5, 5.41) is 12.1. The predicted octanol–water partition coefficient (Wildman–Crippen LogP) is 0.985. The fourth-order valence-corrected chi connectivity index (χ4v) is 2.36. The van der Waals surface area contributed by atoms with Gasteiger partial charge >= 0.3 is 5.97 Å². The second-order valence-electron chi connectivity index (χ2n) is 4.92. The van der Waals surface area contributed by atoms with E-state index in [1.165, 1.54) is 4.90 Å². The van der Waals surface area contributed by atoms with Crippen molar-refractivity contribution in [1.82, 2.24) is 4.90 Å². The average molecular weight is 288 g/mol. The molecule has 0 bridgehead atoms. The van der Waals surface area contributed by atoms with Crippen LogP contribution in [0.1, 0.15) is 25.8 Å². The van der Waals surface area contributed by atoms with Gasteiger partial charge < -0.3 is 14.7 Å². The molecule has 0 spiro atoms. The van der Waals surface area contributed by atoms with Gasteiger partial charge in [0.15, 0.2) is 0 Å². The van der Waals surface area contributed by atoms with E-state index in [2.05, 4.69) is 0 Å². The van der Waals surface area contributed by atoms with Crippen molar-refractivity contribution in [3.05, 3.63) is 47.2 Å². The molecule has 0 fully saturated rings. The number of benzene rings is 1. The number of ether oxygens (including phenoxy) is 1. The lowest BCUT2D eigenvalue weighted by molar-refractivity contribution is -0.312. The van der Waals surface area contributed by atoms with Crippen LogP contribution in [0.5, 0.6) is 0 Å². The first-order valence-corrected chi connectivity index (χ1v) is 6.95. The minimum Gasteiger partial charge on any atom is -0.874 e. The molecule has 5 heteroatoms. The highest BCUT2D eigenvalue weighted by atomic mass is 16.5. The van der Waals surface area contributed by atoms with Gasteiger partial charge in [-0.05, 0) is 19.4 Å². The monoisotopic (exact) mass is 288 g/mol. The zero-order valence-corrected chi connectivity index (χ0v) is 12.2. The lowest BCUT2D eigenvalue weighted by atomic mass is 10.1. The Balaban J connectivity index is 2.11. The van der Waals surface area contributed by atoms with Crippen molar-refractivity contribution in [2.45, 2.75) is 32.9 Å². The highest BCUT2D eigenvalue weighted by Gasteiger charge is 2.32. The fraction of sp³-hybridized carbons (Fsp3) is 0.375. The Morgan fingerprint density at radius 1 is 1.33 bits per heavy atom. The van der Waals surface area contributed by atoms with Crippen LogP contribution in [0.3, 0.4) is 0 Å². The zero-order chi connectivity index (χ0) is 15.4. The molecule has 0 saturated carbocycles. The van der Waals surface area contributed by atoms with Crippen LogP contribution in [0, 0.1) is 0 Å². The third-order valence-electron chi connectivity index (χ3n) is 3.49. The molecule has 0 aliphatic carbocycles. The molecule has 1 aromatic rings. The van der Waals surface area contributed by atoms with Gasteiger partial charge in [0, 0.05) is 18.2 Å². The van der Waals surface area contributed by atoms with Crippen molar-refractivity contribution in [3.8, 4) is 0 Å². The molecule has 0 unspecified atom stereocenters. The Bertz CT molecular complexity index is 565. The molecule has 1 atom stereocenters. The molecule has 2 rings (SSSR count). The summed E-state index contributed by atoms with van der Waals surface area (Å²) in [6, 6.07) is 8.91. The smallest absolute Gasteiger partial charge is 0.310 e. The molecule has 0 radical (unpaired) electrons. The van der Waals surface area contributed by atoms with Crippen molar-refractivity contribution in [1.29, 1.82) is 0 Å². The van der Waals surface area contributed by atoms with E-state index >= 15 is 0 Å². The van der Waals surface area contributed by atoms with Crippen LogP contribution < -0.4 is 5.11 Å². The summed E-state index contributed by atoms with van der Waals surface area (Å²) in [5.41, 5.74) is 0.972. The van der Waals surface area contributed by atoms with Gasteiger partial charge in [-0.1, -0.05) is 30.3 Å². The molecule has 0 aromatic heterocycles. The van der Waals surface area contributed by atoms with Crippen molar-refractivity contribution < 1.29 is 19.4 Å². The molecular weight excluding hydrogens is 270 g/mol. The Labute approximate surface area is 123 Å². The van der Waals surface area contributed by atoms with E-state index < -0.39 is 12.0 Å². The lowest BCUT2D eigenvalue weighted by Crippen LogP contribution is -2.34. The van der Waals surface area contributed by atoms with E-state index in [1.54, 1.807) is 13.8 Å². The molecule has 1 aromatic carbocycles. The van der Waals surface area contributed by atoms with Gasteiger partial charge in [-0.3, -0.25) is 9.59 Å². The van der Waals surface area contributed by atoms with Gasteiger partial charge in [0.1, 0.15) is 0 Å². The molecule has 1 aliphatic rings. The van der Waals surface area contributed by atoms with Crippen LogP contribution in [0.2, 0.25) is 0 Å². The summed E-state index contributed by atoms with van der Waals surface area (Å²) < 4.78 is 4.81. The third-order valence-corrected chi connectivity index (χ3v) is 3.49. The summed E-state index contributed by atoms with van der Waals surface area (Å²) in [4.78, 5) is 25.3. The molecule has 1 heterocycles. The van der Waals surface area contributed by atoms with E-state index in [-0.39, 0.29) is 30.3 Å². The van der Waals surface area contributed by atoms with Gasteiger partial charge in [-0.2, -0.15) is 0 Å². The summed E-state index contributed by atoms with van der Waals surface area (Å²) >= 11 is 0. The standard InChI is InChI=1S/C16H19NO4/c1-3-21-14(18)9-13-15(19)11(2)17(16(13)20)10-12-7-5-4-6-8-12/h4-8,11,19H,3,9-10H2,1-2H3/p-1/t11-/m1/s1. The quantitative estimate of drug-likeness (QED) is 0.757. The number of carbonyl (C=O) groups is 2. The van der Waals surface area contributed by atoms with E-state index in [0.717, 1.165) is 5.56 Å². The number of esters is 1. The molecule has 0 N–H and O–H groups in total. The van der Waals surface area contributed by atoms with Crippen LogP contribution in [0.15, 0.2) is 41.7 Å². The second kappa shape index (κ2) is 6.43. The van der Waals surface area contributed by atoms with Crippen LogP contribution in [-0.2, 0) is 20.9 Å². The van der Waals surface area contributed by atoms with E-state index in [0.29, 0.717) is 6.54 Å². The third kappa shape index (κ3) is 3.24.